The van der Waals surface area contributed by atoms with Gasteiger partial charge >= 0.3 is 6.09 Å². The Hall–Kier alpha value is -1.96. The molecule has 1 atom stereocenters. The van der Waals surface area contributed by atoms with Gasteiger partial charge in [0.15, 0.2) is 11.5 Å². The van der Waals surface area contributed by atoms with E-state index >= 15 is 0 Å². The van der Waals surface area contributed by atoms with E-state index in [0.29, 0.717) is 23.6 Å². The largest absolute Gasteiger partial charge is 0.448 e. The number of carbonyl (C=O) groups excluding carboxylic acids is 2. The summed E-state index contributed by atoms with van der Waals surface area (Å²) in [7, 11) is 0. The Morgan fingerprint density at radius 1 is 1.19 bits per heavy atom. The summed E-state index contributed by atoms with van der Waals surface area (Å²) in [5, 5.41) is 5.90. The third-order valence-electron chi connectivity index (χ3n) is 6.37. The van der Waals surface area contributed by atoms with Gasteiger partial charge in [0.25, 0.3) is 11.7 Å². The number of ether oxygens (including phenoxy) is 3. The van der Waals surface area contributed by atoms with Crippen LogP contribution in [0.15, 0.2) is 4.47 Å². The molecule has 2 aliphatic heterocycles. The molecule has 31 heavy (non-hydrogen) atoms. The van der Waals surface area contributed by atoms with Gasteiger partial charge in [-0.3, -0.25) is 4.79 Å². The van der Waals surface area contributed by atoms with Crippen LogP contribution in [0.25, 0.3) is 0 Å². The van der Waals surface area contributed by atoms with E-state index in [4.69, 9.17) is 14.2 Å². The van der Waals surface area contributed by atoms with Gasteiger partial charge in [-0.25, -0.2) is 4.79 Å². The molecule has 7 nitrogen and oxygen atoms in total. The first-order valence-corrected chi connectivity index (χ1v) is 11.8. The lowest BCUT2D eigenvalue weighted by molar-refractivity contribution is -0.121. The maximum Gasteiger partial charge on any atom is 0.407 e. The summed E-state index contributed by atoms with van der Waals surface area (Å²) in [6.45, 7) is 10.1. The molecule has 1 saturated carbocycles. The van der Waals surface area contributed by atoms with E-state index in [0.717, 1.165) is 47.7 Å². The molecule has 0 radical (unpaired) electrons. The Kier molecular flexibility index (Phi) is 5.65. The quantitative estimate of drug-likeness (QED) is 0.626. The van der Waals surface area contributed by atoms with Crippen molar-refractivity contribution in [2.45, 2.75) is 84.2 Å². The monoisotopic (exact) mass is 494 g/mol. The van der Waals surface area contributed by atoms with Crippen molar-refractivity contribution in [1.82, 2.24) is 10.6 Å². The van der Waals surface area contributed by atoms with Crippen LogP contribution in [0.4, 0.5) is 4.79 Å². The summed E-state index contributed by atoms with van der Waals surface area (Å²) in [6, 6.07) is 0.0861. The molecule has 2 N–H and O–H groups in total. The number of benzene rings is 1. The molecule has 0 aromatic heterocycles. The van der Waals surface area contributed by atoms with Gasteiger partial charge in [0.2, 0.25) is 0 Å². The zero-order valence-electron chi connectivity index (χ0n) is 18.8. The minimum Gasteiger partial charge on any atom is -0.448 e. The van der Waals surface area contributed by atoms with Crippen molar-refractivity contribution in [3.63, 3.8) is 0 Å². The number of nitrogens with one attached hydrogen (secondary N) is 2. The number of fused-ring (bicyclic) bond motifs is 2. The molecule has 4 rings (SSSR count). The number of rotatable bonds is 2. The summed E-state index contributed by atoms with van der Waals surface area (Å²) >= 11 is 3.67. The highest BCUT2D eigenvalue weighted by atomic mass is 79.9. The van der Waals surface area contributed by atoms with Gasteiger partial charge in [0.05, 0.1) is 10.0 Å². The molecule has 2 heterocycles. The summed E-state index contributed by atoms with van der Waals surface area (Å²) < 4.78 is 19.0. The second kappa shape index (κ2) is 7.87. The molecular weight excluding hydrogens is 464 g/mol. The van der Waals surface area contributed by atoms with E-state index in [9.17, 15) is 9.59 Å². The molecule has 1 aliphatic carbocycles. The second-order valence-corrected chi connectivity index (χ2v) is 10.7. The fourth-order valence-electron chi connectivity index (χ4n) is 4.83. The lowest BCUT2D eigenvalue weighted by Crippen LogP contribution is -2.48. The van der Waals surface area contributed by atoms with Crippen molar-refractivity contribution >= 4 is 27.9 Å². The highest BCUT2D eigenvalue weighted by molar-refractivity contribution is 9.10. The second-order valence-electron chi connectivity index (χ2n) is 9.87. The maximum atomic E-state index is 12.5. The molecule has 8 heteroatoms. The van der Waals surface area contributed by atoms with Gasteiger partial charge in [-0.15, -0.1) is 0 Å². The highest BCUT2D eigenvalue weighted by Crippen LogP contribution is 2.53. The molecule has 170 valence electrons. The fourth-order valence-corrected chi connectivity index (χ4v) is 5.49. The van der Waals surface area contributed by atoms with Crippen LogP contribution >= 0.6 is 15.9 Å². The van der Waals surface area contributed by atoms with E-state index < -0.39 is 11.4 Å². The first-order chi connectivity index (χ1) is 14.5. The fraction of sp³-hybridized carbons (Fsp3) is 0.652. The number of carbonyl (C=O) groups is 2. The number of halogens is 1. The number of alkyl carbamates (subject to hydrolysis) is 1. The Morgan fingerprint density at radius 2 is 1.84 bits per heavy atom. The van der Waals surface area contributed by atoms with E-state index in [1.54, 1.807) is 0 Å². The lowest BCUT2D eigenvalue weighted by Gasteiger charge is -2.37. The lowest BCUT2D eigenvalue weighted by atomic mass is 9.81. The zero-order chi connectivity index (χ0) is 22.6. The smallest absolute Gasteiger partial charge is 0.407 e. The van der Waals surface area contributed by atoms with E-state index in [1.807, 2.05) is 34.6 Å². The van der Waals surface area contributed by atoms with Crippen LogP contribution in [0.5, 0.6) is 11.5 Å². The van der Waals surface area contributed by atoms with E-state index in [-0.39, 0.29) is 24.0 Å². The van der Waals surface area contributed by atoms with Crippen molar-refractivity contribution in [1.29, 1.82) is 0 Å². The van der Waals surface area contributed by atoms with Crippen molar-refractivity contribution < 1.29 is 23.8 Å². The Labute approximate surface area is 191 Å². The van der Waals surface area contributed by atoms with Crippen molar-refractivity contribution in [3.8, 4) is 11.5 Å². The molecule has 1 aromatic carbocycles. The van der Waals surface area contributed by atoms with Gasteiger partial charge in [-0.05, 0) is 81.3 Å². The number of hydrogen-bond acceptors (Lipinski definition) is 5. The molecule has 0 spiro atoms. The molecule has 1 aromatic rings. The first kappa shape index (κ1) is 22.2. The normalized spacial score (nSPS) is 27.4. The van der Waals surface area contributed by atoms with Gasteiger partial charge in [0, 0.05) is 31.0 Å². The minimum atomic E-state index is -0.799. The molecule has 1 unspecified atom stereocenters. The third kappa shape index (κ3) is 4.23. The number of hydrogen-bond donors (Lipinski definition) is 2. The maximum absolute atomic E-state index is 12.5. The molecule has 3 aliphatic rings. The van der Waals surface area contributed by atoms with Gasteiger partial charge < -0.3 is 24.8 Å². The average Bonchev–Trinajstić information content (AvgIpc) is 3.04. The summed E-state index contributed by atoms with van der Waals surface area (Å²) in [5.41, 5.74) is 2.00. The standard InChI is InChI=1S/C23H31BrN2O5/c1-12-16-15(10-11-25-20(16)27)17(24)19-18(12)29-23(5,30-19)13-6-8-14(9-7-13)26-21(28)31-22(2,3)4/h13-14H,6-11H2,1-5H3,(H,25,27)(H,26,28). The van der Waals surface area contributed by atoms with Crippen LogP contribution in [0.3, 0.4) is 0 Å². The van der Waals surface area contributed by atoms with Crippen LogP contribution < -0.4 is 20.1 Å². The SMILES string of the molecule is Cc1c2c(c(Br)c3c1C(=O)NCC3)OC(C)(C1CCC(NC(=O)OC(C)(C)C)CC1)O2. The molecule has 0 saturated heterocycles. The van der Waals surface area contributed by atoms with Crippen LogP contribution in [-0.2, 0) is 11.2 Å². The predicted molar refractivity (Wildman–Crippen MR) is 120 cm³/mol. The molecule has 1 fully saturated rings. The Morgan fingerprint density at radius 3 is 2.48 bits per heavy atom. The van der Waals surface area contributed by atoms with Gasteiger partial charge in [-0.1, -0.05) is 0 Å². The van der Waals surface area contributed by atoms with Crippen LogP contribution in [0, 0.1) is 12.8 Å². The van der Waals surface area contributed by atoms with Crippen LogP contribution in [-0.4, -0.2) is 36.0 Å². The average molecular weight is 495 g/mol. The van der Waals surface area contributed by atoms with E-state index in [2.05, 4.69) is 26.6 Å². The van der Waals surface area contributed by atoms with Crippen molar-refractivity contribution in [2.75, 3.05) is 6.54 Å². The molecule has 2 amide bonds. The van der Waals surface area contributed by atoms with Gasteiger partial charge in [-0.2, -0.15) is 0 Å². The van der Waals surface area contributed by atoms with Crippen LogP contribution in [0.1, 0.15) is 74.9 Å². The topological polar surface area (TPSA) is 85.9 Å². The Balaban J connectivity index is 1.46. The van der Waals surface area contributed by atoms with Crippen molar-refractivity contribution in [2.24, 2.45) is 5.92 Å². The zero-order valence-corrected chi connectivity index (χ0v) is 20.4. The third-order valence-corrected chi connectivity index (χ3v) is 7.21. The van der Waals surface area contributed by atoms with Crippen LogP contribution in [0.2, 0.25) is 0 Å². The van der Waals surface area contributed by atoms with Crippen molar-refractivity contribution in [3.05, 3.63) is 21.2 Å². The summed E-state index contributed by atoms with van der Waals surface area (Å²) in [4.78, 5) is 24.5. The highest BCUT2D eigenvalue weighted by Gasteiger charge is 2.48. The first-order valence-electron chi connectivity index (χ1n) is 11.0. The summed E-state index contributed by atoms with van der Waals surface area (Å²) in [5.74, 6) is 0.663. The predicted octanol–water partition coefficient (Wildman–Crippen LogP) is 4.61. The van der Waals surface area contributed by atoms with Gasteiger partial charge in [0.1, 0.15) is 5.60 Å². The number of amides is 2. The Bertz CT molecular complexity index is 918. The molecule has 0 bridgehead atoms. The molecular formula is C23H31BrN2O5. The summed E-state index contributed by atoms with van der Waals surface area (Å²) in [6.07, 6.45) is 3.79. The minimum absolute atomic E-state index is 0.0619. The van der Waals surface area contributed by atoms with E-state index in [1.165, 1.54) is 0 Å².